The molecule has 0 radical (unpaired) electrons. The Bertz CT molecular complexity index is 417. The Hall–Kier alpha value is -1.68. The number of carbonyl (C=O) groups is 1. The third-order valence-corrected chi connectivity index (χ3v) is 2.02. The third-order valence-electron chi connectivity index (χ3n) is 2.02. The van der Waals surface area contributed by atoms with E-state index in [-0.39, 0.29) is 11.6 Å². The molecule has 0 heterocycles. The maximum Gasteiger partial charge on any atom is 0.152 e. The van der Waals surface area contributed by atoms with E-state index in [9.17, 15) is 9.18 Å². The molecule has 0 saturated heterocycles. The molecule has 1 rings (SSSR count). The van der Waals surface area contributed by atoms with Crippen molar-refractivity contribution in [1.82, 2.24) is 5.32 Å². The van der Waals surface area contributed by atoms with Crippen LogP contribution < -0.4 is 10.1 Å². The number of ketones is 1. The molecule has 0 bridgehead atoms. The van der Waals surface area contributed by atoms with Crippen molar-refractivity contribution in [1.29, 1.82) is 0 Å². The summed E-state index contributed by atoms with van der Waals surface area (Å²) in [5.74, 6) is 0.00512. The van der Waals surface area contributed by atoms with E-state index in [1.165, 1.54) is 25.1 Å². The number of rotatable bonds is 6. The van der Waals surface area contributed by atoms with Crippen LogP contribution >= 0.6 is 0 Å². The first-order valence-corrected chi connectivity index (χ1v) is 7.38. The molecule has 0 spiro atoms. The van der Waals surface area contributed by atoms with Crippen LogP contribution in [0.1, 0.15) is 40.2 Å². The molecule has 1 N–H and O–H groups in total. The van der Waals surface area contributed by atoms with Crippen LogP contribution in [0.4, 0.5) is 4.39 Å². The SMILES string of the molecule is CC.CC.CNCCOc1cc(F)cc(/C=C/C(C)=O)c1. The van der Waals surface area contributed by atoms with Crippen LogP contribution in [0, 0.1) is 5.82 Å². The minimum atomic E-state index is -0.379. The van der Waals surface area contributed by atoms with Gasteiger partial charge < -0.3 is 10.1 Å². The minimum absolute atomic E-state index is 0.0769. The first-order valence-electron chi connectivity index (χ1n) is 7.38. The molecule has 1 aromatic carbocycles. The lowest BCUT2D eigenvalue weighted by molar-refractivity contribution is -0.112. The first-order chi connectivity index (χ1) is 10.1. The summed E-state index contributed by atoms with van der Waals surface area (Å²) < 4.78 is 18.6. The van der Waals surface area contributed by atoms with Crippen molar-refractivity contribution in [2.45, 2.75) is 34.6 Å². The van der Waals surface area contributed by atoms with Crippen LogP contribution in [0.3, 0.4) is 0 Å². The van der Waals surface area contributed by atoms with Gasteiger partial charge in [-0.25, -0.2) is 4.39 Å². The molecule has 120 valence electrons. The topological polar surface area (TPSA) is 38.3 Å². The van der Waals surface area contributed by atoms with Crippen molar-refractivity contribution in [2.24, 2.45) is 0 Å². The normalized spacial score (nSPS) is 9.29. The van der Waals surface area contributed by atoms with E-state index in [2.05, 4.69) is 5.32 Å². The lowest BCUT2D eigenvalue weighted by Gasteiger charge is -2.06. The summed E-state index contributed by atoms with van der Waals surface area (Å²) in [7, 11) is 1.82. The van der Waals surface area contributed by atoms with Crippen LogP contribution in [0.15, 0.2) is 24.3 Å². The summed E-state index contributed by atoms with van der Waals surface area (Å²) >= 11 is 0. The number of ether oxygens (including phenoxy) is 1. The second-order valence-corrected chi connectivity index (χ2v) is 3.62. The number of benzene rings is 1. The summed E-state index contributed by atoms with van der Waals surface area (Å²) in [6, 6.07) is 4.36. The fourth-order valence-electron chi connectivity index (χ4n) is 1.25. The Morgan fingerprint density at radius 1 is 1.24 bits per heavy atom. The second-order valence-electron chi connectivity index (χ2n) is 3.62. The standard InChI is InChI=1S/C13H16FNO2.2C2H6/c1-10(16)3-4-11-7-12(14)9-13(8-11)17-6-5-15-2;2*1-2/h3-4,7-9,15H,5-6H2,1-2H3;2*1-2H3/b4-3+;;. The van der Waals surface area contributed by atoms with E-state index < -0.39 is 0 Å². The van der Waals surface area contributed by atoms with E-state index >= 15 is 0 Å². The number of allylic oxidation sites excluding steroid dienone is 1. The molecular formula is C17H28FNO2. The molecule has 0 aliphatic rings. The molecule has 0 aromatic heterocycles. The molecule has 0 fully saturated rings. The van der Waals surface area contributed by atoms with Crippen LogP contribution in [-0.2, 0) is 4.79 Å². The van der Waals surface area contributed by atoms with Crippen molar-refractivity contribution in [3.8, 4) is 5.75 Å². The van der Waals surface area contributed by atoms with Gasteiger partial charge in [0.25, 0.3) is 0 Å². The van der Waals surface area contributed by atoms with Crippen LogP contribution in [0.5, 0.6) is 5.75 Å². The summed E-state index contributed by atoms with van der Waals surface area (Å²) in [6.07, 6.45) is 2.96. The molecular weight excluding hydrogens is 269 g/mol. The van der Waals surface area contributed by atoms with Gasteiger partial charge in [0.15, 0.2) is 5.78 Å². The van der Waals surface area contributed by atoms with E-state index in [1.54, 1.807) is 12.1 Å². The molecule has 21 heavy (non-hydrogen) atoms. The highest BCUT2D eigenvalue weighted by Gasteiger charge is 2.00. The van der Waals surface area contributed by atoms with E-state index in [1.807, 2.05) is 34.7 Å². The van der Waals surface area contributed by atoms with Gasteiger partial charge in [-0.3, -0.25) is 4.79 Å². The van der Waals surface area contributed by atoms with Gasteiger partial charge in [0.05, 0.1) is 0 Å². The molecule has 1 aromatic rings. The molecule has 4 heteroatoms. The fourth-order valence-corrected chi connectivity index (χ4v) is 1.25. The highest BCUT2D eigenvalue weighted by molar-refractivity contribution is 5.91. The van der Waals surface area contributed by atoms with Gasteiger partial charge in [-0.1, -0.05) is 33.8 Å². The van der Waals surface area contributed by atoms with E-state index in [4.69, 9.17) is 4.74 Å². The highest BCUT2D eigenvalue weighted by atomic mass is 19.1. The zero-order chi connectivity index (χ0) is 16.7. The van der Waals surface area contributed by atoms with Crippen molar-refractivity contribution in [3.05, 3.63) is 35.7 Å². The smallest absolute Gasteiger partial charge is 0.152 e. The Kier molecular flexibility index (Phi) is 15.2. The Balaban J connectivity index is 0. The van der Waals surface area contributed by atoms with Gasteiger partial charge >= 0.3 is 0 Å². The largest absolute Gasteiger partial charge is 0.492 e. The summed E-state index contributed by atoms with van der Waals surface area (Å²) in [5, 5.41) is 2.93. The number of carbonyl (C=O) groups excluding carboxylic acids is 1. The van der Waals surface area contributed by atoms with Gasteiger partial charge in [0.1, 0.15) is 18.2 Å². The molecule has 0 aliphatic carbocycles. The Morgan fingerprint density at radius 2 is 1.86 bits per heavy atom. The number of likely N-dealkylation sites (N-methyl/N-ethyl adjacent to an activating group) is 1. The molecule has 0 unspecified atom stereocenters. The lowest BCUT2D eigenvalue weighted by atomic mass is 10.2. The maximum atomic E-state index is 13.2. The first kappa shape index (κ1) is 21.6. The number of nitrogens with one attached hydrogen (secondary N) is 1. The number of hydrogen-bond acceptors (Lipinski definition) is 3. The second kappa shape index (κ2) is 14.7. The number of halogens is 1. The molecule has 0 atom stereocenters. The quantitative estimate of drug-likeness (QED) is 0.635. The molecule has 0 amide bonds. The van der Waals surface area contributed by atoms with Crippen molar-refractivity contribution in [2.75, 3.05) is 20.2 Å². The molecule has 0 saturated carbocycles. The van der Waals surface area contributed by atoms with E-state index in [0.717, 1.165) is 0 Å². The summed E-state index contributed by atoms with van der Waals surface area (Å²) in [5.41, 5.74) is 0.611. The zero-order valence-corrected chi connectivity index (χ0v) is 14.0. The third kappa shape index (κ3) is 11.8. The van der Waals surface area contributed by atoms with Gasteiger partial charge in [-0.05, 0) is 37.7 Å². The van der Waals surface area contributed by atoms with Gasteiger partial charge in [-0.2, -0.15) is 0 Å². The van der Waals surface area contributed by atoms with Crippen LogP contribution in [0.2, 0.25) is 0 Å². The summed E-state index contributed by atoms with van der Waals surface area (Å²) in [6.45, 7) is 10.6. The van der Waals surface area contributed by atoms with Gasteiger partial charge in [0.2, 0.25) is 0 Å². The highest BCUT2D eigenvalue weighted by Crippen LogP contribution is 2.17. The fraction of sp³-hybridized carbons (Fsp3) is 0.471. The van der Waals surface area contributed by atoms with Gasteiger partial charge in [0, 0.05) is 12.6 Å². The maximum absolute atomic E-state index is 13.2. The van der Waals surface area contributed by atoms with Crippen LogP contribution in [0.25, 0.3) is 6.08 Å². The molecule has 3 nitrogen and oxygen atoms in total. The average Bonchev–Trinajstić information content (AvgIpc) is 2.49. The molecule has 0 aliphatic heterocycles. The average molecular weight is 297 g/mol. The Morgan fingerprint density at radius 3 is 2.38 bits per heavy atom. The zero-order valence-electron chi connectivity index (χ0n) is 14.0. The van der Waals surface area contributed by atoms with E-state index in [0.29, 0.717) is 24.5 Å². The van der Waals surface area contributed by atoms with Crippen molar-refractivity contribution in [3.63, 3.8) is 0 Å². The predicted octanol–water partition coefficient (Wildman–Crippen LogP) is 4.08. The van der Waals surface area contributed by atoms with Crippen molar-refractivity contribution >= 4 is 11.9 Å². The predicted molar refractivity (Wildman–Crippen MR) is 88.2 cm³/mol. The Labute approximate surface area is 128 Å². The minimum Gasteiger partial charge on any atom is -0.492 e. The van der Waals surface area contributed by atoms with Gasteiger partial charge in [-0.15, -0.1) is 0 Å². The monoisotopic (exact) mass is 297 g/mol. The van der Waals surface area contributed by atoms with Crippen LogP contribution in [-0.4, -0.2) is 26.0 Å². The number of hydrogen-bond donors (Lipinski definition) is 1. The lowest BCUT2D eigenvalue weighted by Crippen LogP contribution is -2.16. The summed E-state index contributed by atoms with van der Waals surface area (Å²) in [4.78, 5) is 10.8. The van der Waals surface area contributed by atoms with Crippen molar-refractivity contribution < 1.29 is 13.9 Å².